The second-order valence-corrected chi connectivity index (χ2v) is 8.31. The van der Waals surface area contributed by atoms with E-state index in [2.05, 4.69) is 20.8 Å². The van der Waals surface area contributed by atoms with E-state index in [0.717, 1.165) is 25.1 Å². The van der Waals surface area contributed by atoms with Gasteiger partial charge in [0.15, 0.2) is 0 Å². The number of hydrogen-bond donors (Lipinski definition) is 0. The van der Waals surface area contributed by atoms with Crippen LogP contribution in [0.2, 0.25) is 0 Å². The van der Waals surface area contributed by atoms with E-state index in [4.69, 9.17) is 0 Å². The van der Waals surface area contributed by atoms with Crippen LogP contribution in [0.4, 0.5) is 0 Å². The second kappa shape index (κ2) is 5.02. The first-order chi connectivity index (χ1) is 7.96. The molecule has 0 aliphatic carbocycles. The maximum Gasteiger partial charge on any atom is 0.254 e. The van der Waals surface area contributed by atoms with E-state index >= 15 is 0 Å². The molecule has 0 spiro atoms. The molecule has 1 aliphatic heterocycles. The van der Waals surface area contributed by atoms with E-state index in [1.54, 1.807) is 11.3 Å². The molecule has 0 aromatic carbocycles. The van der Waals surface area contributed by atoms with Crippen molar-refractivity contribution in [3.8, 4) is 0 Å². The first kappa shape index (κ1) is 13.0. The molecule has 94 valence electrons. The van der Waals surface area contributed by atoms with Crippen molar-refractivity contribution in [2.45, 2.75) is 37.2 Å². The van der Waals surface area contributed by atoms with Crippen LogP contribution in [0.5, 0.6) is 0 Å². The molecule has 0 N–H and O–H groups in total. The first-order valence-corrected chi connectivity index (χ1v) is 7.77. The largest absolute Gasteiger partial charge is 0.337 e. The number of hydrogen-bond acceptors (Lipinski definition) is 3. The van der Waals surface area contributed by atoms with Gasteiger partial charge in [-0.05, 0) is 17.9 Å². The summed E-state index contributed by atoms with van der Waals surface area (Å²) in [6.07, 6.45) is 1.12. The van der Waals surface area contributed by atoms with Gasteiger partial charge in [-0.25, -0.2) is 0 Å². The van der Waals surface area contributed by atoms with E-state index in [9.17, 15) is 4.79 Å². The Morgan fingerprint density at radius 3 is 2.88 bits per heavy atom. The zero-order valence-electron chi connectivity index (χ0n) is 10.6. The van der Waals surface area contributed by atoms with E-state index < -0.39 is 0 Å². The summed E-state index contributed by atoms with van der Waals surface area (Å²) in [5, 5.41) is 4.50. The quantitative estimate of drug-likeness (QED) is 0.819. The molecular formula is C13H19NOS2. The number of thiophene rings is 1. The van der Waals surface area contributed by atoms with Crippen LogP contribution in [0.3, 0.4) is 0 Å². The maximum absolute atomic E-state index is 12.1. The molecule has 1 fully saturated rings. The Bertz CT molecular complexity index is 381. The number of carbonyl (C=O) groups excluding carboxylic acids is 1. The molecule has 0 saturated carbocycles. The maximum atomic E-state index is 12.1. The topological polar surface area (TPSA) is 20.3 Å². The molecule has 1 atom stereocenters. The molecular weight excluding hydrogens is 250 g/mol. The standard InChI is InChI=1S/C13H19NOS2/c1-13(2,3)17-11-4-6-14(8-11)12(15)10-5-7-16-9-10/h5,7,9,11H,4,6,8H2,1-3H3/t11-/m1/s1. The van der Waals surface area contributed by atoms with Gasteiger partial charge < -0.3 is 4.90 Å². The number of amides is 1. The fraction of sp³-hybridized carbons (Fsp3) is 0.615. The zero-order valence-corrected chi connectivity index (χ0v) is 12.2. The van der Waals surface area contributed by atoms with E-state index in [1.807, 2.05) is 33.5 Å². The van der Waals surface area contributed by atoms with Gasteiger partial charge in [-0.2, -0.15) is 23.1 Å². The Balaban J connectivity index is 1.92. The number of thioether (sulfide) groups is 1. The van der Waals surface area contributed by atoms with Crippen molar-refractivity contribution in [3.63, 3.8) is 0 Å². The SMILES string of the molecule is CC(C)(C)S[C@@H]1CCN(C(=O)c2ccsc2)C1. The van der Waals surface area contributed by atoms with Crippen LogP contribution in [0, 0.1) is 0 Å². The summed E-state index contributed by atoms with van der Waals surface area (Å²) in [5.74, 6) is 0.197. The van der Waals surface area contributed by atoms with Crippen molar-refractivity contribution in [1.29, 1.82) is 0 Å². The lowest BCUT2D eigenvalue weighted by Gasteiger charge is -2.22. The van der Waals surface area contributed by atoms with Crippen LogP contribution in [0.25, 0.3) is 0 Å². The van der Waals surface area contributed by atoms with Crippen LogP contribution < -0.4 is 0 Å². The molecule has 4 heteroatoms. The van der Waals surface area contributed by atoms with Crippen molar-refractivity contribution >= 4 is 29.0 Å². The molecule has 2 nitrogen and oxygen atoms in total. The van der Waals surface area contributed by atoms with Crippen molar-refractivity contribution < 1.29 is 4.79 Å². The van der Waals surface area contributed by atoms with Crippen LogP contribution in [-0.2, 0) is 0 Å². The highest BCUT2D eigenvalue weighted by Gasteiger charge is 2.30. The molecule has 1 aromatic rings. The van der Waals surface area contributed by atoms with Crippen LogP contribution in [0.15, 0.2) is 16.8 Å². The third-order valence-corrected chi connectivity index (χ3v) is 4.83. The lowest BCUT2D eigenvalue weighted by atomic mass is 10.3. The number of likely N-dealkylation sites (tertiary alicyclic amines) is 1. The summed E-state index contributed by atoms with van der Waals surface area (Å²) in [5.41, 5.74) is 0.844. The highest BCUT2D eigenvalue weighted by Crippen LogP contribution is 2.33. The third-order valence-electron chi connectivity index (χ3n) is 2.72. The van der Waals surface area contributed by atoms with Gasteiger partial charge in [0.1, 0.15) is 0 Å². The number of nitrogens with zero attached hydrogens (tertiary/aromatic N) is 1. The average Bonchev–Trinajstić information content (AvgIpc) is 2.83. The second-order valence-electron chi connectivity index (χ2n) is 5.40. The lowest BCUT2D eigenvalue weighted by Crippen LogP contribution is -2.29. The Hall–Kier alpha value is -0.480. The fourth-order valence-corrected chi connectivity index (χ4v) is 4.19. The zero-order chi connectivity index (χ0) is 12.5. The summed E-state index contributed by atoms with van der Waals surface area (Å²) in [4.78, 5) is 14.1. The average molecular weight is 269 g/mol. The van der Waals surface area contributed by atoms with Crippen LogP contribution in [-0.4, -0.2) is 33.9 Å². The van der Waals surface area contributed by atoms with Gasteiger partial charge in [-0.15, -0.1) is 0 Å². The normalized spacial score (nSPS) is 20.9. The Morgan fingerprint density at radius 2 is 2.29 bits per heavy atom. The molecule has 0 unspecified atom stereocenters. The monoisotopic (exact) mass is 269 g/mol. The van der Waals surface area contributed by atoms with E-state index in [1.165, 1.54) is 0 Å². The summed E-state index contributed by atoms with van der Waals surface area (Å²) in [6, 6.07) is 1.91. The molecule has 2 heterocycles. The minimum absolute atomic E-state index is 0.197. The fourth-order valence-electron chi connectivity index (χ4n) is 2.08. The molecule has 0 bridgehead atoms. The Morgan fingerprint density at radius 1 is 1.53 bits per heavy atom. The van der Waals surface area contributed by atoms with Crippen molar-refractivity contribution in [2.24, 2.45) is 0 Å². The van der Waals surface area contributed by atoms with Gasteiger partial charge >= 0.3 is 0 Å². The van der Waals surface area contributed by atoms with Crippen molar-refractivity contribution in [3.05, 3.63) is 22.4 Å². The lowest BCUT2D eigenvalue weighted by molar-refractivity contribution is 0.0794. The van der Waals surface area contributed by atoms with Crippen molar-refractivity contribution in [2.75, 3.05) is 13.1 Å². The van der Waals surface area contributed by atoms with Gasteiger partial charge in [0, 0.05) is 28.5 Å². The summed E-state index contributed by atoms with van der Waals surface area (Å²) < 4.78 is 0.284. The highest BCUT2D eigenvalue weighted by atomic mass is 32.2. The Kier molecular flexibility index (Phi) is 3.83. The van der Waals surface area contributed by atoms with Crippen LogP contribution in [0.1, 0.15) is 37.6 Å². The minimum atomic E-state index is 0.197. The molecule has 0 radical (unpaired) electrons. The predicted octanol–water partition coefficient (Wildman–Crippen LogP) is 3.49. The summed E-state index contributed by atoms with van der Waals surface area (Å²) >= 11 is 3.58. The highest BCUT2D eigenvalue weighted by molar-refractivity contribution is 8.01. The number of rotatable bonds is 2. The summed E-state index contributed by atoms with van der Waals surface area (Å²) in [7, 11) is 0. The molecule has 17 heavy (non-hydrogen) atoms. The minimum Gasteiger partial charge on any atom is -0.337 e. The molecule has 1 amide bonds. The van der Waals surface area contributed by atoms with E-state index in [0.29, 0.717) is 5.25 Å². The van der Waals surface area contributed by atoms with Gasteiger partial charge in [0.2, 0.25) is 0 Å². The van der Waals surface area contributed by atoms with Crippen molar-refractivity contribution in [1.82, 2.24) is 4.90 Å². The molecule has 1 aromatic heterocycles. The number of carbonyl (C=O) groups is 1. The Labute approximate surface area is 111 Å². The van der Waals surface area contributed by atoms with E-state index in [-0.39, 0.29) is 10.7 Å². The van der Waals surface area contributed by atoms with Gasteiger partial charge in [0.05, 0.1) is 5.56 Å². The molecule has 2 rings (SSSR count). The third kappa shape index (κ3) is 3.49. The molecule has 1 saturated heterocycles. The summed E-state index contributed by atoms with van der Waals surface area (Å²) in [6.45, 7) is 8.52. The van der Waals surface area contributed by atoms with Gasteiger partial charge in [-0.1, -0.05) is 20.8 Å². The first-order valence-electron chi connectivity index (χ1n) is 5.95. The smallest absolute Gasteiger partial charge is 0.254 e. The van der Waals surface area contributed by atoms with Crippen LogP contribution >= 0.6 is 23.1 Å². The molecule has 1 aliphatic rings. The van der Waals surface area contributed by atoms with Gasteiger partial charge in [-0.3, -0.25) is 4.79 Å². The van der Waals surface area contributed by atoms with Gasteiger partial charge in [0.25, 0.3) is 5.91 Å². The predicted molar refractivity (Wildman–Crippen MR) is 76.0 cm³/mol.